The summed E-state index contributed by atoms with van der Waals surface area (Å²) in [6.07, 6.45) is -0.848. The highest BCUT2D eigenvalue weighted by Gasteiger charge is 2.19. The van der Waals surface area contributed by atoms with Gasteiger partial charge in [-0.3, -0.25) is 4.79 Å². The van der Waals surface area contributed by atoms with Crippen molar-refractivity contribution in [1.82, 2.24) is 5.32 Å². The van der Waals surface area contributed by atoms with Crippen LogP contribution in [0.5, 0.6) is 0 Å². The van der Waals surface area contributed by atoms with Crippen LogP contribution < -0.4 is 5.32 Å². The number of hydrogen-bond acceptors (Lipinski definition) is 3. The van der Waals surface area contributed by atoms with E-state index in [4.69, 9.17) is 9.84 Å². The Balaban J connectivity index is 1.99. The van der Waals surface area contributed by atoms with Crippen molar-refractivity contribution in [3.8, 4) is 0 Å². The van der Waals surface area contributed by atoms with Crippen molar-refractivity contribution < 1.29 is 19.4 Å². The Hall–Kier alpha value is -2.09. The lowest BCUT2D eigenvalue weighted by atomic mass is 10.0. The molecule has 2 rings (SSSR count). The molecule has 2 N–H and O–H groups in total. The van der Waals surface area contributed by atoms with E-state index in [1.807, 2.05) is 48.5 Å². The molecule has 0 aliphatic rings. The molecular formula is C17H16INO4. The maximum atomic E-state index is 11.9. The molecule has 0 unspecified atom stereocenters. The van der Waals surface area contributed by atoms with Crippen LogP contribution in [0.25, 0.3) is 0 Å². The van der Waals surface area contributed by atoms with Crippen molar-refractivity contribution in [2.75, 3.05) is 0 Å². The van der Waals surface area contributed by atoms with Crippen molar-refractivity contribution in [3.63, 3.8) is 0 Å². The summed E-state index contributed by atoms with van der Waals surface area (Å²) in [5.74, 6) is -0.989. The lowest BCUT2D eigenvalue weighted by Crippen LogP contribution is -2.30. The monoisotopic (exact) mass is 425 g/mol. The maximum absolute atomic E-state index is 11.9. The number of carbonyl (C=O) groups excluding carboxylic acids is 1. The van der Waals surface area contributed by atoms with Crippen LogP contribution in [0.3, 0.4) is 0 Å². The van der Waals surface area contributed by atoms with Crippen LogP contribution in [-0.2, 0) is 16.1 Å². The minimum Gasteiger partial charge on any atom is -0.481 e. The van der Waals surface area contributed by atoms with Crippen LogP contribution in [0, 0.1) is 3.57 Å². The number of halogens is 1. The first kappa shape index (κ1) is 17.3. The average molecular weight is 425 g/mol. The Morgan fingerprint density at radius 1 is 1.13 bits per heavy atom. The van der Waals surface area contributed by atoms with Gasteiger partial charge in [0.25, 0.3) is 0 Å². The van der Waals surface area contributed by atoms with E-state index in [0.29, 0.717) is 0 Å². The lowest BCUT2D eigenvalue weighted by molar-refractivity contribution is -0.137. The molecule has 23 heavy (non-hydrogen) atoms. The van der Waals surface area contributed by atoms with Crippen LogP contribution in [0.1, 0.15) is 23.6 Å². The van der Waals surface area contributed by atoms with Gasteiger partial charge in [-0.15, -0.1) is 0 Å². The highest BCUT2D eigenvalue weighted by Crippen LogP contribution is 2.19. The zero-order chi connectivity index (χ0) is 16.7. The number of hydrogen-bond donors (Lipinski definition) is 2. The first-order valence-corrected chi connectivity index (χ1v) is 8.07. The van der Waals surface area contributed by atoms with E-state index in [1.54, 1.807) is 6.07 Å². The topological polar surface area (TPSA) is 75.6 Å². The predicted molar refractivity (Wildman–Crippen MR) is 93.9 cm³/mol. The van der Waals surface area contributed by atoms with Crippen LogP contribution in [-0.4, -0.2) is 17.2 Å². The molecule has 120 valence electrons. The molecule has 1 amide bonds. The number of aliphatic carboxylic acids is 1. The SMILES string of the molecule is O=C(O)C[C@H](NC(=O)OCc1ccccc1)c1cccc(I)c1. The molecule has 1 atom stereocenters. The first-order valence-electron chi connectivity index (χ1n) is 6.99. The average Bonchev–Trinajstić information content (AvgIpc) is 2.53. The molecule has 0 radical (unpaired) electrons. The Bertz CT molecular complexity index is 675. The van der Waals surface area contributed by atoms with Crippen LogP contribution >= 0.6 is 22.6 Å². The fourth-order valence-corrected chi connectivity index (χ4v) is 2.62. The van der Waals surface area contributed by atoms with Crippen LogP contribution in [0.15, 0.2) is 54.6 Å². The Labute approximate surface area is 147 Å². The van der Waals surface area contributed by atoms with E-state index in [0.717, 1.165) is 14.7 Å². The summed E-state index contributed by atoms with van der Waals surface area (Å²) >= 11 is 2.14. The number of carbonyl (C=O) groups is 2. The quantitative estimate of drug-likeness (QED) is 0.692. The summed E-state index contributed by atoms with van der Waals surface area (Å²) in [7, 11) is 0. The lowest BCUT2D eigenvalue weighted by Gasteiger charge is -2.17. The molecule has 0 saturated carbocycles. The molecule has 0 aromatic heterocycles. The summed E-state index contributed by atoms with van der Waals surface area (Å²) in [5, 5.41) is 11.7. The van der Waals surface area contributed by atoms with Crippen molar-refractivity contribution in [1.29, 1.82) is 0 Å². The Kier molecular flexibility index (Phi) is 6.40. The summed E-state index contributed by atoms with van der Waals surface area (Å²) < 4.78 is 6.11. The standard InChI is InChI=1S/C17H16INO4/c18-14-8-4-7-13(9-14)15(10-16(20)21)19-17(22)23-11-12-5-2-1-3-6-12/h1-9,15H,10-11H2,(H,19,22)(H,20,21)/t15-/m0/s1. The minimum absolute atomic E-state index is 0.138. The largest absolute Gasteiger partial charge is 0.481 e. The summed E-state index contributed by atoms with van der Waals surface area (Å²) in [6, 6.07) is 16.0. The van der Waals surface area contributed by atoms with Gasteiger partial charge in [0.1, 0.15) is 6.61 Å². The zero-order valence-electron chi connectivity index (χ0n) is 12.2. The summed E-state index contributed by atoms with van der Waals surface area (Å²) in [4.78, 5) is 23.0. The molecule has 0 saturated heterocycles. The number of benzene rings is 2. The van der Waals surface area contributed by atoms with E-state index in [1.165, 1.54) is 0 Å². The van der Waals surface area contributed by atoms with Crippen molar-refractivity contribution >= 4 is 34.7 Å². The Morgan fingerprint density at radius 2 is 1.87 bits per heavy atom. The van der Waals surface area contributed by atoms with E-state index >= 15 is 0 Å². The van der Waals surface area contributed by atoms with Gasteiger partial charge >= 0.3 is 12.1 Å². The van der Waals surface area contributed by atoms with Crippen molar-refractivity contribution in [2.45, 2.75) is 19.1 Å². The maximum Gasteiger partial charge on any atom is 0.407 e. The second kappa shape index (κ2) is 8.52. The number of nitrogens with one attached hydrogen (secondary N) is 1. The predicted octanol–water partition coefficient (Wildman–Crippen LogP) is 3.73. The van der Waals surface area contributed by atoms with Crippen molar-refractivity contribution in [2.24, 2.45) is 0 Å². The van der Waals surface area contributed by atoms with Gasteiger partial charge in [0.05, 0.1) is 12.5 Å². The van der Waals surface area contributed by atoms with Crippen LogP contribution in [0.2, 0.25) is 0 Å². The molecular weight excluding hydrogens is 409 g/mol. The molecule has 0 spiro atoms. The minimum atomic E-state index is -0.989. The first-order chi connectivity index (χ1) is 11.0. The number of ether oxygens (including phenoxy) is 1. The fourth-order valence-electron chi connectivity index (χ4n) is 2.06. The third kappa shape index (κ3) is 5.90. The molecule has 0 aliphatic heterocycles. The zero-order valence-corrected chi connectivity index (χ0v) is 14.4. The molecule has 5 nitrogen and oxygen atoms in total. The van der Waals surface area contributed by atoms with Gasteiger partial charge in [0.2, 0.25) is 0 Å². The summed E-state index contributed by atoms with van der Waals surface area (Å²) in [5.41, 5.74) is 1.60. The molecule has 2 aromatic carbocycles. The van der Waals surface area contributed by atoms with E-state index in [-0.39, 0.29) is 13.0 Å². The number of rotatable bonds is 6. The molecule has 0 fully saturated rings. The molecule has 0 heterocycles. The molecule has 0 bridgehead atoms. The van der Waals surface area contributed by atoms with Crippen molar-refractivity contribution in [3.05, 3.63) is 69.3 Å². The Morgan fingerprint density at radius 3 is 2.52 bits per heavy atom. The van der Waals surface area contributed by atoms with Gasteiger partial charge in [-0.05, 0) is 45.9 Å². The molecule has 2 aromatic rings. The van der Waals surface area contributed by atoms with Crippen LogP contribution in [0.4, 0.5) is 4.79 Å². The normalized spacial score (nSPS) is 11.5. The number of alkyl carbamates (subject to hydrolysis) is 1. The second-order valence-corrected chi connectivity index (χ2v) is 6.16. The fraction of sp³-hybridized carbons (Fsp3) is 0.176. The third-order valence-corrected chi connectivity index (χ3v) is 3.81. The van der Waals surface area contributed by atoms with Gasteiger partial charge in [-0.2, -0.15) is 0 Å². The second-order valence-electron chi connectivity index (χ2n) is 4.91. The van der Waals surface area contributed by atoms with Gasteiger partial charge in [0, 0.05) is 3.57 Å². The van der Waals surface area contributed by atoms with Gasteiger partial charge in [-0.25, -0.2) is 4.79 Å². The van der Waals surface area contributed by atoms with Gasteiger partial charge in [-0.1, -0.05) is 42.5 Å². The van der Waals surface area contributed by atoms with Gasteiger partial charge in [0.15, 0.2) is 0 Å². The number of amides is 1. The van der Waals surface area contributed by atoms with Gasteiger partial charge < -0.3 is 15.2 Å². The molecule has 0 aliphatic carbocycles. The number of carboxylic acids is 1. The van der Waals surface area contributed by atoms with E-state index in [9.17, 15) is 9.59 Å². The summed E-state index contributed by atoms with van der Waals surface area (Å²) in [6.45, 7) is 0.138. The smallest absolute Gasteiger partial charge is 0.407 e. The molecule has 6 heteroatoms. The highest BCUT2D eigenvalue weighted by atomic mass is 127. The van der Waals surface area contributed by atoms with E-state index in [2.05, 4.69) is 27.9 Å². The highest BCUT2D eigenvalue weighted by molar-refractivity contribution is 14.1. The van der Waals surface area contributed by atoms with E-state index < -0.39 is 18.1 Å². The number of carboxylic acid groups (broad SMARTS) is 1. The third-order valence-electron chi connectivity index (χ3n) is 3.13.